The number of hydrogen-bond acceptors (Lipinski definition) is 9. The maximum absolute atomic E-state index is 10.3. The number of aryl methyl sites for hydroxylation is 1. The molecule has 28 heavy (non-hydrogen) atoms. The molecule has 0 saturated heterocycles. The summed E-state index contributed by atoms with van der Waals surface area (Å²) in [5.41, 5.74) is 1.56. The van der Waals surface area contributed by atoms with Crippen molar-refractivity contribution >= 4 is 5.69 Å². The molecule has 2 heterocycles. The molecule has 1 aliphatic rings. The molecule has 0 spiro atoms. The second kappa shape index (κ2) is 6.76. The number of phenols is 4. The van der Waals surface area contributed by atoms with Crippen molar-refractivity contribution in [3.05, 3.63) is 41.7 Å². The highest BCUT2D eigenvalue weighted by Gasteiger charge is 2.31. The van der Waals surface area contributed by atoms with Crippen LogP contribution in [-0.4, -0.2) is 35.6 Å². The number of aromatic hydroxyl groups is 4. The molecular formula is C19H18N4O5. The van der Waals surface area contributed by atoms with Crippen molar-refractivity contribution in [3.63, 3.8) is 0 Å². The number of fused-ring (bicyclic) bond motifs is 3. The molecule has 1 aromatic heterocycles. The van der Waals surface area contributed by atoms with E-state index in [4.69, 9.17) is 4.74 Å². The molecule has 9 heteroatoms. The minimum absolute atomic E-state index is 0.145. The van der Waals surface area contributed by atoms with Crippen LogP contribution in [0.4, 0.5) is 5.69 Å². The van der Waals surface area contributed by atoms with E-state index in [1.807, 2.05) is 19.1 Å². The molecule has 0 fully saturated rings. The van der Waals surface area contributed by atoms with Crippen LogP contribution in [0.3, 0.4) is 0 Å². The monoisotopic (exact) mass is 382 g/mol. The average molecular weight is 382 g/mol. The predicted molar refractivity (Wildman–Crippen MR) is 99.4 cm³/mol. The molecule has 3 aromatic rings. The Morgan fingerprint density at radius 1 is 1.04 bits per heavy atom. The molecule has 0 radical (unpaired) electrons. The van der Waals surface area contributed by atoms with Gasteiger partial charge in [0.1, 0.15) is 11.3 Å². The summed E-state index contributed by atoms with van der Waals surface area (Å²) < 4.78 is 5.93. The van der Waals surface area contributed by atoms with Crippen LogP contribution in [0, 0.1) is 0 Å². The normalized spacial score (nSPS) is 15.0. The predicted octanol–water partition coefficient (Wildman–Crippen LogP) is 2.82. The van der Waals surface area contributed by atoms with Gasteiger partial charge in [0.15, 0.2) is 23.0 Å². The van der Waals surface area contributed by atoms with Gasteiger partial charge in [-0.05, 0) is 12.5 Å². The Balaban J connectivity index is 1.89. The van der Waals surface area contributed by atoms with E-state index in [1.54, 1.807) is 12.1 Å². The van der Waals surface area contributed by atoms with Gasteiger partial charge in [0.2, 0.25) is 17.9 Å². The van der Waals surface area contributed by atoms with E-state index in [2.05, 4.69) is 20.5 Å². The smallest absolute Gasteiger partial charge is 0.246 e. The fourth-order valence-corrected chi connectivity index (χ4v) is 3.06. The van der Waals surface area contributed by atoms with Gasteiger partial charge in [0, 0.05) is 23.7 Å². The number of nitrogens with one attached hydrogen (secondary N) is 1. The molecule has 5 N–H and O–H groups in total. The topological polar surface area (TPSA) is 141 Å². The number of nitrogens with zero attached hydrogens (tertiary/aromatic N) is 3. The van der Waals surface area contributed by atoms with Gasteiger partial charge in [-0.1, -0.05) is 25.1 Å². The Bertz CT molecular complexity index is 1060. The number of anilines is 1. The number of phenolic OH excluding ortho intramolecular Hbond substituents is 4. The van der Waals surface area contributed by atoms with E-state index in [0.29, 0.717) is 29.2 Å². The van der Waals surface area contributed by atoms with Gasteiger partial charge in [-0.3, -0.25) is 0 Å². The van der Waals surface area contributed by atoms with Crippen LogP contribution < -0.4 is 10.1 Å². The maximum atomic E-state index is 10.3. The molecule has 0 amide bonds. The zero-order chi connectivity index (χ0) is 19.8. The van der Waals surface area contributed by atoms with E-state index in [-0.39, 0.29) is 11.4 Å². The lowest BCUT2D eigenvalue weighted by Gasteiger charge is -2.21. The van der Waals surface area contributed by atoms with Crippen molar-refractivity contribution in [3.8, 4) is 40.1 Å². The number of rotatable bonds is 3. The zero-order valence-corrected chi connectivity index (χ0v) is 14.9. The van der Waals surface area contributed by atoms with Gasteiger partial charge in [-0.15, -0.1) is 10.2 Å². The number of para-hydroxylation sites is 1. The SMILES string of the molecule is CCCc1nnc2c(n1)OC(c1c(O)cc(O)c(O)c1O)Nc1ccccc1-2. The summed E-state index contributed by atoms with van der Waals surface area (Å²) in [4.78, 5) is 4.43. The summed E-state index contributed by atoms with van der Waals surface area (Å²) in [6.07, 6.45) is 0.325. The molecular weight excluding hydrogens is 364 g/mol. The highest BCUT2D eigenvalue weighted by molar-refractivity contribution is 5.79. The van der Waals surface area contributed by atoms with Gasteiger partial charge in [0.05, 0.1) is 0 Å². The summed E-state index contributed by atoms with van der Waals surface area (Å²) in [5.74, 6) is -1.90. The van der Waals surface area contributed by atoms with Crippen LogP contribution in [0.25, 0.3) is 11.3 Å². The fraction of sp³-hybridized carbons (Fsp3) is 0.211. The standard InChI is InChI=1S/C19H18N4O5/c1-2-5-13-21-19-15(23-22-13)9-6-3-4-7-10(9)20-18(28-19)14-11(24)8-12(25)16(26)17(14)27/h3-4,6-8,18,20,24-27H,2,5H2,1H3. The number of ether oxygens (including phenoxy) is 1. The average Bonchev–Trinajstić information content (AvgIpc) is 2.83. The largest absolute Gasteiger partial charge is 0.507 e. The van der Waals surface area contributed by atoms with Gasteiger partial charge in [0.25, 0.3) is 0 Å². The highest BCUT2D eigenvalue weighted by Crippen LogP contribution is 2.48. The second-order valence-electron chi connectivity index (χ2n) is 6.35. The van der Waals surface area contributed by atoms with Gasteiger partial charge >= 0.3 is 0 Å². The van der Waals surface area contributed by atoms with E-state index in [0.717, 1.165) is 12.5 Å². The number of aromatic nitrogens is 3. The lowest BCUT2D eigenvalue weighted by Crippen LogP contribution is -2.17. The summed E-state index contributed by atoms with van der Waals surface area (Å²) >= 11 is 0. The fourth-order valence-electron chi connectivity index (χ4n) is 3.06. The van der Waals surface area contributed by atoms with Crippen molar-refractivity contribution < 1.29 is 25.2 Å². The molecule has 0 saturated carbocycles. The third-order valence-electron chi connectivity index (χ3n) is 4.40. The first-order valence-corrected chi connectivity index (χ1v) is 8.72. The first-order valence-electron chi connectivity index (χ1n) is 8.72. The Morgan fingerprint density at radius 2 is 1.82 bits per heavy atom. The zero-order valence-electron chi connectivity index (χ0n) is 14.9. The first-order chi connectivity index (χ1) is 13.5. The van der Waals surface area contributed by atoms with E-state index < -0.39 is 29.2 Å². The third kappa shape index (κ3) is 2.86. The first kappa shape index (κ1) is 17.7. The minimum Gasteiger partial charge on any atom is -0.507 e. The maximum Gasteiger partial charge on any atom is 0.246 e. The molecule has 2 aromatic carbocycles. The van der Waals surface area contributed by atoms with Crippen LogP contribution >= 0.6 is 0 Å². The molecule has 144 valence electrons. The van der Waals surface area contributed by atoms with Crippen LogP contribution in [0.5, 0.6) is 28.9 Å². The van der Waals surface area contributed by atoms with E-state index in [9.17, 15) is 20.4 Å². The Kier molecular flexibility index (Phi) is 4.26. The molecule has 1 atom stereocenters. The van der Waals surface area contributed by atoms with Crippen LogP contribution in [-0.2, 0) is 6.42 Å². The summed E-state index contributed by atoms with van der Waals surface area (Å²) in [5, 5.41) is 51.5. The second-order valence-corrected chi connectivity index (χ2v) is 6.35. The Labute approximate surface area is 159 Å². The Morgan fingerprint density at radius 3 is 2.61 bits per heavy atom. The van der Waals surface area contributed by atoms with Crippen molar-refractivity contribution in [2.75, 3.05) is 5.32 Å². The van der Waals surface area contributed by atoms with Crippen molar-refractivity contribution in [2.45, 2.75) is 26.0 Å². The van der Waals surface area contributed by atoms with Crippen molar-refractivity contribution in [2.24, 2.45) is 0 Å². The van der Waals surface area contributed by atoms with Crippen LogP contribution in [0.1, 0.15) is 31.0 Å². The Hall–Kier alpha value is -3.75. The molecule has 4 rings (SSSR count). The summed E-state index contributed by atoms with van der Waals surface area (Å²) in [6.45, 7) is 1.99. The van der Waals surface area contributed by atoms with Crippen LogP contribution in [0.2, 0.25) is 0 Å². The lowest BCUT2D eigenvalue weighted by molar-refractivity contribution is 0.214. The molecule has 1 aliphatic heterocycles. The number of benzene rings is 2. The minimum atomic E-state index is -1.11. The van der Waals surface area contributed by atoms with Gasteiger partial charge in [-0.2, -0.15) is 4.98 Å². The third-order valence-corrected chi connectivity index (χ3v) is 4.40. The molecule has 0 aliphatic carbocycles. The quantitative estimate of drug-likeness (QED) is 0.341. The van der Waals surface area contributed by atoms with Gasteiger partial charge in [-0.25, -0.2) is 0 Å². The summed E-state index contributed by atoms with van der Waals surface area (Å²) in [6, 6.07) is 8.14. The molecule has 0 bridgehead atoms. The van der Waals surface area contributed by atoms with E-state index in [1.165, 1.54) is 0 Å². The van der Waals surface area contributed by atoms with Crippen LogP contribution in [0.15, 0.2) is 30.3 Å². The van der Waals surface area contributed by atoms with Crippen molar-refractivity contribution in [1.82, 2.24) is 15.2 Å². The highest BCUT2D eigenvalue weighted by atomic mass is 16.5. The molecule has 9 nitrogen and oxygen atoms in total. The van der Waals surface area contributed by atoms with Crippen molar-refractivity contribution in [1.29, 1.82) is 0 Å². The lowest BCUT2D eigenvalue weighted by atomic mass is 10.1. The van der Waals surface area contributed by atoms with E-state index >= 15 is 0 Å². The molecule has 1 unspecified atom stereocenters. The number of hydrogen-bond donors (Lipinski definition) is 5. The summed E-state index contributed by atoms with van der Waals surface area (Å²) in [7, 11) is 0. The van der Waals surface area contributed by atoms with Gasteiger partial charge < -0.3 is 30.5 Å².